The van der Waals surface area contributed by atoms with Crippen molar-refractivity contribution in [1.29, 1.82) is 0 Å². The Labute approximate surface area is 71.8 Å². The molecule has 0 saturated carbocycles. The molecule has 0 aromatic carbocycles. The van der Waals surface area contributed by atoms with Gasteiger partial charge in [0, 0.05) is 6.92 Å². The summed E-state index contributed by atoms with van der Waals surface area (Å²) in [5, 5.41) is 0. The molecule has 70 valence electrons. The van der Waals surface area contributed by atoms with Gasteiger partial charge in [-0.15, -0.1) is 0 Å². The quantitative estimate of drug-likeness (QED) is 0.592. The van der Waals surface area contributed by atoms with Gasteiger partial charge in [-0.25, -0.2) is 0 Å². The molecule has 12 heavy (non-hydrogen) atoms. The summed E-state index contributed by atoms with van der Waals surface area (Å²) in [6.07, 6.45) is 0. The van der Waals surface area contributed by atoms with Crippen molar-refractivity contribution in [2.45, 2.75) is 20.8 Å². The molecule has 0 amide bonds. The van der Waals surface area contributed by atoms with E-state index in [0.29, 0.717) is 0 Å². The summed E-state index contributed by atoms with van der Waals surface area (Å²) >= 11 is 0. The summed E-state index contributed by atoms with van der Waals surface area (Å²) < 4.78 is 9.21. The van der Waals surface area contributed by atoms with Crippen LogP contribution in [0.25, 0.3) is 0 Å². The van der Waals surface area contributed by atoms with Gasteiger partial charge in [-0.3, -0.25) is 9.59 Å². The number of hydrogen-bond acceptors (Lipinski definition) is 4. The molecule has 0 unspecified atom stereocenters. The monoisotopic (exact) mass is 174 g/mol. The van der Waals surface area contributed by atoms with Crippen molar-refractivity contribution in [3.63, 3.8) is 0 Å². The highest BCUT2D eigenvalue weighted by Gasteiger charge is 2.29. The molecular weight excluding hydrogens is 160 g/mol. The minimum absolute atomic E-state index is 0.0506. The van der Waals surface area contributed by atoms with Gasteiger partial charge < -0.3 is 9.47 Å². The van der Waals surface area contributed by atoms with Gasteiger partial charge in [0.05, 0.1) is 12.5 Å². The Kier molecular flexibility index (Phi) is 3.73. The lowest BCUT2D eigenvalue weighted by molar-refractivity contribution is -0.158. The van der Waals surface area contributed by atoms with Crippen LogP contribution in [0.4, 0.5) is 0 Å². The summed E-state index contributed by atoms with van der Waals surface area (Å²) in [5.74, 6) is -0.782. The zero-order chi connectivity index (χ0) is 9.78. The summed E-state index contributed by atoms with van der Waals surface area (Å²) in [5.41, 5.74) is -0.763. The maximum absolute atomic E-state index is 11.0. The number of rotatable bonds is 3. The van der Waals surface area contributed by atoms with E-state index in [0.717, 1.165) is 0 Å². The Morgan fingerprint density at radius 3 is 2.17 bits per heavy atom. The summed E-state index contributed by atoms with van der Waals surface area (Å²) in [6.45, 7) is 4.66. The molecule has 0 aliphatic carbocycles. The number of ether oxygens (including phenoxy) is 2. The molecule has 0 aromatic heterocycles. The Morgan fingerprint density at radius 1 is 1.33 bits per heavy atom. The molecule has 0 aliphatic rings. The van der Waals surface area contributed by atoms with Crippen molar-refractivity contribution in [1.82, 2.24) is 0 Å². The summed E-state index contributed by atoms with van der Waals surface area (Å²) in [4.78, 5) is 21.5. The SMILES string of the molecule is COC(=O)C(C)(C)COC(C)=O. The molecule has 0 saturated heterocycles. The van der Waals surface area contributed by atoms with Crippen LogP contribution in [0.3, 0.4) is 0 Å². The first kappa shape index (κ1) is 10.9. The van der Waals surface area contributed by atoms with E-state index < -0.39 is 11.4 Å². The van der Waals surface area contributed by atoms with Crippen LogP contribution in [0.15, 0.2) is 0 Å². The summed E-state index contributed by atoms with van der Waals surface area (Å²) in [7, 11) is 1.30. The fraction of sp³-hybridized carbons (Fsp3) is 0.750. The average molecular weight is 174 g/mol. The van der Waals surface area contributed by atoms with E-state index in [9.17, 15) is 9.59 Å². The highest BCUT2D eigenvalue weighted by atomic mass is 16.5. The van der Waals surface area contributed by atoms with Crippen molar-refractivity contribution in [2.24, 2.45) is 5.41 Å². The molecule has 4 nitrogen and oxygen atoms in total. The van der Waals surface area contributed by atoms with Crippen molar-refractivity contribution < 1.29 is 19.1 Å². The van der Waals surface area contributed by atoms with Gasteiger partial charge >= 0.3 is 11.9 Å². The Morgan fingerprint density at radius 2 is 1.83 bits per heavy atom. The van der Waals surface area contributed by atoms with E-state index in [1.165, 1.54) is 14.0 Å². The number of carbonyl (C=O) groups excluding carboxylic acids is 2. The number of esters is 2. The second-order valence-electron chi connectivity index (χ2n) is 3.16. The third-order valence-electron chi connectivity index (χ3n) is 1.37. The zero-order valence-electron chi connectivity index (χ0n) is 7.84. The van der Waals surface area contributed by atoms with Gasteiger partial charge in [-0.1, -0.05) is 0 Å². The highest BCUT2D eigenvalue weighted by molar-refractivity contribution is 5.76. The van der Waals surface area contributed by atoms with Gasteiger partial charge in [0.25, 0.3) is 0 Å². The number of methoxy groups -OCH3 is 1. The van der Waals surface area contributed by atoms with E-state index in [-0.39, 0.29) is 12.6 Å². The highest BCUT2D eigenvalue weighted by Crippen LogP contribution is 2.17. The van der Waals surface area contributed by atoms with Crippen molar-refractivity contribution in [3.05, 3.63) is 0 Å². The predicted octanol–water partition coefficient (Wildman–Crippen LogP) is 0.749. The lowest BCUT2D eigenvalue weighted by Crippen LogP contribution is -2.31. The maximum atomic E-state index is 11.0. The Balaban J connectivity index is 4.03. The molecule has 0 aliphatic heterocycles. The van der Waals surface area contributed by atoms with E-state index in [1.54, 1.807) is 13.8 Å². The second kappa shape index (κ2) is 4.09. The van der Waals surface area contributed by atoms with Crippen molar-refractivity contribution in [3.8, 4) is 0 Å². The average Bonchev–Trinajstić information content (AvgIpc) is 1.99. The number of hydrogen-bond donors (Lipinski definition) is 0. The molecule has 0 fully saturated rings. The van der Waals surface area contributed by atoms with Crippen LogP contribution in [0, 0.1) is 5.41 Å². The fourth-order valence-corrected chi connectivity index (χ4v) is 0.617. The third-order valence-corrected chi connectivity index (χ3v) is 1.37. The van der Waals surface area contributed by atoms with Gasteiger partial charge in [-0.05, 0) is 13.8 Å². The Hall–Kier alpha value is -1.06. The van der Waals surface area contributed by atoms with Crippen LogP contribution in [0.2, 0.25) is 0 Å². The molecule has 0 aromatic rings. The summed E-state index contributed by atoms with van der Waals surface area (Å²) in [6, 6.07) is 0. The first-order valence-electron chi connectivity index (χ1n) is 3.62. The molecule has 0 bridgehead atoms. The van der Waals surface area contributed by atoms with Crippen LogP contribution in [0.5, 0.6) is 0 Å². The minimum atomic E-state index is -0.763. The van der Waals surface area contributed by atoms with E-state index in [2.05, 4.69) is 9.47 Å². The first-order valence-corrected chi connectivity index (χ1v) is 3.62. The van der Waals surface area contributed by atoms with Gasteiger partial charge in [-0.2, -0.15) is 0 Å². The van der Waals surface area contributed by atoms with Crippen LogP contribution >= 0.6 is 0 Å². The normalized spacial score (nSPS) is 10.7. The van der Waals surface area contributed by atoms with Gasteiger partial charge in [0.15, 0.2) is 0 Å². The molecule has 0 N–H and O–H groups in total. The van der Waals surface area contributed by atoms with Gasteiger partial charge in [0.2, 0.25) is 0 Å². The molecule has 0 heterocycles. The fourth-order valence-electron chi connectivity index (χ4n) is 0.617. The van der Waals surface area contributed by atoms with Crippen molar-refractivity contribution >= 4 is 11.9 Å². The topological polar surface area (TPSA) is 52.6 Å². The predicted molar refractivity (Wildman–Crippen MR) is 42.4 cm³/mol. The first-order chi connectivity index (χ1) is 5.40. The smallest absolute Gasteiger partial charge is 0.314 e. The van der Waals surface area contributed by atoms with Crippen LogP contribution in [-0.2, 0) is 19.1 Å². The maximum Gasteiger partial charge on any atom is 0.314 e. The molecule has 0 spiro atoms. The largest absolute Gasteiger partial charge is 0.469 e. The van der Waals surface area contributed by atoms with Crippen LogP contribution in [-0.4, -0.2) is 25.7 Å². The molecule has 4 heteroatoms. The molecule has 0 radical (unpaired) electrons. The lowest BCUT2D eigenvalue weighted by atomic mass is 9.95. The molecule has 0 rings (SSSR count). The van der Waals surface area contributed by atoms with Crippen LogP contribution in [0.1, 0.15) is 20.8 Å². The minimum Gasteiger partial charge on any atom is -0.469 e. The zero-order valence-corrected chi connectivity index (χ0v) is 7.84. The van der Waals surface area contributed by atoms with E-state index >= 15 is 0 Å². The van der Waals surface area contributed by atoms with E-state index in [4.69, 9.17) is 0 Å². The third kappa shape index (κ3) is 3.37. The number of carbonyl (C=O) groups is 2. The molecular formula is C8H14O4. The van der Waals surface area contributed by atoms with Crippen LogP contribution < -0.4 is 0 Å². The Bertz CT molecular complexity index is 183. The van der Waals surface area contributed by atoms with Gasteiger partial charge in [0.1, 0.15) is 6.61 Å². The second-order valence-corrected chi connectivity index (χ2v) is 3.16. The van der Waals surface area contributed by atoms with Crippen molar-refractivity contribution in [2.75, 3.05) is 13.7 Å². The molecule has 0 atom stereocenters. The lowest BCUT2D eigenvalue weighted by Gasteiger charge is -2.20. The standard InChI is InChI=1S/C8H14O4/c1-6(9)12-5-8(2,3)7(10)11-4/h5H2,1-4H3. The van der Waals surface area contributed by atoms with E-state index in [1.807, 2.05) is 0 Å².